The Labute approximate surface area is 222 Å². The molecule has 4 rings (SSSR count). The van der Waals surface area contributed by atoms with Crippen molar-refractivity contribution in [3.8, 4) is 28.1 Å². The average molecular weight is 561 g/mol. The molecule has 8 nitrogen and oxygen atoms in total. The van der Waals surface area contributed by atoms with Gasteiger partial charge in [0, 0.05) is 18.2 Å². The highest BCUT2D eigenvalue weighted by atomic mass is 31.2. The Kier molecular flexibility index (Phi) is 8.29. The van der Waals surface area contributed by atoms with Crippen molar-refractivity contribution >= 4 is 7.82 Å². The van der Waals surface area contributed by atoms with Gasteiger partial charge < -0.3 is 25.2 Å². The summed E-state index contributed by atoms with van der Waals surface area (Å²) in [6.45, 7) is 0.944. The van der Waals surface area contributed by atoms with Crippen LogP contribution in [0.2, 0.25) is 0 Å². The van der Waals surface area contributed by atoms with Gasteiger partial charge in [-0.3, -0.25) is 4.52 Å². The highest BCUT2D eigenvalue weighted by molar-refractivity contribution is 7.46. The van der Waals surface area contributed by atoms with E-state index in [1.165, 1.54) is 25.3 Å². The molecule has 1 aromatic heterocycles. The molecule has 0 saturated heterocycles. The van der Waals surface area contributed by atoms with Gasteiger partial charge in [0.05, 0.1) is 30.0 Å². The summed E-state index contributed by atoms with van der Waals surface area (Å²) < 4.78 is 62.9. The van der Waals surface area contributed by atoms with Crippen LogP contribution in [0.25, 0.3) is 22.4 Å². The Balaban J connectivity index is 1.46. The summed E-state index contributed by atoms with van der Waals surface area (Å²) >= 11 is 0. The first kappa shape index (κ1) is 28.5. The number of nitrogens with zero attached hydrogens (tertiary/aromatic N) is 1. The number of phosphoric acid groups is 1. The first-order chi connectivity index (χ1) is 18.3. The van der Waals surface area contributed by atoms with Gasteiger partial charge in [-0.25, -0.2) is 9.55 Å². The van der Waals surface area contributed by atoms with Crippen molar-refractivity contribution in [3.05, 3.63) is 95.9 Å². The molecule has 1 heterocycles. The van der Waals surface area contributed by atoms with Crippen LogP contribution in [0.1, 0.15) is 23.9 Å². The van der Waals surface area contributed by atoms with Gasteiger partial charge in [-0.05, 0) is 41.8 Å². The fourth-order valence-electron chi connectivity index (χ4n) is 3.89. The number of ether oxygens (including phenoxy) is 1. The predicted molar refractivity (Wildman–Crippen MR) is 140 cm³/mol. The topological polar surface area (TPSA) is 131 Å². The second-order valence-electron chi connectivity index (χ2n) is 9.18. The summed E-state index contributed by atoms with van der Waals surface area (Å²) in [5, 5.41) is 0. The van der Waals surface area contributed by atoms with Crippen LogP contribution in [0, 0.1) is 0 Å². The molecule has 4 aromatic rings. The van der Waals surface area contributed by atoms with Crippen LogP contribution < -0.4 is 10.5 Å². The largest absolute Gasteiger partial charge is 0.493 e. The van der Waals surface area contributed by atoms with Gasteiger partial charge in [-0.15, -0.1) is 0 Å². The first-order valence-electron chi connectivity index (χ1n) is 11.9. The minimum atomic E-state index is -4.80. The molecule has 0 aliphatic rings. The number of rotatable bonds is 10. The number of aromatic nitrogens is 2. The lowest BCUT2D eigenvalue weighted by atomic mass is 10.0. The Morgan fingerprint density at radius 2 is 1.67 bits per heavy atom. The molecule has 0 saturated carbocycles. The molecule has 0 aliphatic carbocycles. The summed E-state index contributed by atoms with van der Waals surface area (Å²) in [6, 6.07) is 21.4. The van der Waals surface area contributed by atoms with Crippen LogP contribution in [-0.4, -0.2) is 33.0 Å². The molecule has 0 radical (unpaired) electrons. The van der Waals surface area contributed by atoms with E-state index in [4.69, 9.17) is 20.3 Å². The van der Waals surface area contributed by atoms with Gasteiger partial charge in [0.2, 0.25) is 0 Å². The summed E-state index contributed by atoms with van der Waals surface area (Å²) in [5.74, 6) is 0.0548. The number of nitrogens with one attached hydrogen (secondary N) is 1. The van der Waals surface area contributed by atoms with Crippen molar-refractivity contribution in [2.45, 2.75) is 25.1 Å². The number of H-pyrrole nitrogens is 1. The van der Waals surface area contributed by atoms with Crippen molar-refractivity contribution in [1.82, 2.24) is 9.97 Å². The number of phosphoric ester groups is 1. The van der Waals surface area contributed by atoms with E-state index in [2.05, 4.69) is 14.5 Å². The van der Waals surface area contributed by atoms with Crippen LogP contribution in [0.3, 0.4) is 0 Å². The van der Waals surface area contributed by atoms with Gasteiger partial charge in [0.1, 0.15) is 11.6 Å². The molecule has 5 N–H and O–H groups in total. The summed E-state index contributed by atoms with van der Waals surface area (Å²) in [7, 11) is -4.80. The molecule has 0 amide bonds. The zero-order valence-corrected chi connectivity index (χ0v) is 21.7. The molecule has 0 spiro atoms. The number of halogens is 3. The smallest absolute Gasteiger partial charge is 0.469 e. The second-order valence-corrected chi connectivity index (χ2v) is 10.4. The quantitative estimate of drug-likeness (QED) is 0.184. The summed E-state index contributed by atoms with van der Waals surface area (Å²) in [5.41, 5.74) is 6.46. The van der Waals surface area contributed by atoms with Crippen LogP contribution in [0.5, 0.6) is 5.75 Å². The fraction of sp³-hybridized carbons (Fsp3) is 0.222. The summed E-state index contributed by atoms with van der Waals surface area (Å²) in [4.78, 5) is 24.6. The number of alkyl halides is 3. The third-order valence-electron chi connectivity index (χ3n) is 5.94. The number of hydrogen-bond acceptors (Lipinski definition) is 5. The summed E-state index contributed by atoms with van der Waals surface area (Å²) in [6.07, 6.45) is -2.95. The monoisotopic (exact) mass is 561 g/mol. The molecule has 3 aromatic carbocycles. The van der Waals surface area contributed by atoms with Crippen LogP contribution in [0.4, 0.5) is 13.2 Å². The predicted octanol–water partition coefficient (Wildman–Crippen LogP) is 5.67. The van der Waals surface area contributed by atoms with Gasteiger partial charge in [0.25, 0.3) is 0 Å². The van der Waals surface area contributed by atoms with Crippen molar-refractivity contribution in [3.63, 3.8) is 0 Å². The number of aromatic amines is 1. The maximum atomic E-state index is 13.9. The molecule has 0 unspecified atom stereocenters. The van der Waals surface area contributed by atoms with Crippen molar-refractivity contribution in [2.75, 3.05) is 13.2 Å². The van der Waals surface area contributed by atoms with E-state index in [0.717, 1.165) is 22.8 Å². The second kappa shape index (κ2) is 11.3. The lowest BCUT2D eigenvalue weighted by Crippen LogP contribution is -2.39. The van der Waals surface area contributed by atoms with Gasteiger partial charge in [0.15, 0.2) is 0 Å². The van der Waals surface area contributed by atoms with Crippen molar-refractivity contribution in [2.24, 2.45) is 5.73 Å². The van der Waals surface area contributed by atoms with E-state index < -0.39 is 31.7 Å². The fourth-order valence-corrected chi connectivity index (χ4v) is 4.33. The molecule has 0 fully saturated rings. The van der Waals surface area contributed by atoms with Gasteiger partial charge >= 0.3 is 14.0 Å². The maximum Gasteiger partial charge on any atom is 0.469 e. The Hall–Kier alpha value is -3.47. The lowest BCUT2D eigenvalue weighted by molar-refractivity contribution is -0.137. The number of hydrogen-bond donors (Lipinski definition) is 4. The Morgan fingerprint density at radius 1 is 1.00 bits per heavy atom. The molecule has 12 heteroatoms. The molecule has 0 aliphatic heterocycles. The SMILES string of the molecule is C[C@](N)(COP(=O)(O)O)c1nc(-c2ccc(OCCc3ccc(-c4ccccc4)cc3)cc2C(F)(F)F)c[nH]1. The molecule has 0 bridgehead atoms. The number of imidazole rings is 1. The van der Waals surface area contributed by atoms with Crippen LogP contribution >= 0.6 is 7.82 Å². The zero-order chi connectivity index (χ0) is 28.3. The van der Waals surface area contributed by atoms with E-state index in [1.54, 1.807) is 0 Å². The highest BCUT2D eigenvalue weighted by Gasteiger charge is 2.36. The molecule has 1 atom stereocenters. The zero-order valence-electron chi connectivity index (χ0n) is 20.9. The van der Waals surface area contributed by atoms with E-state index >= 15 is 0 Å². The Bertz CT molecular complexity index is 1450. The standard InChI is InChI=1S/C27H27F3N3O5P/c1-26(31,17-38-39(34,35)36)25-32-16-24(33-25)22-12-11-21(15-23(22)27(28,29)30)37-14-13-18-7-9-20(10-8-18)19-5-3-2-4-6-19/h2-12,15-16H,13-14,17,31H2,1H3,(H,32,33)(H2,34,35,36)/t26-/m0/s1. The third-order valence-corrected chi connectivity index (χ3v) is 6.41. The van der Waals surface area contributed by atoms with E-state index in [1.807, 2.05) is 54.6 Å². The minimum absolute atomic E-state index is 0.00214. The maximum absolute atomic E-state index is 13.9. The lowest BCUT2D eigenvalue weighted by Gasteiger charge is -2.22. The van der Waals surface area contributed by atoms with Gasteiger partial charge in [-0.1, -0.05) is 54.6 Å². The molecule has 39 heavy (non-hydrogen) atoms. The van der Waals surface area contributed by atoms with Crippen LogP contribution in [0.15, 0.2) is 79.0 Å². The van der Waals surface area contributed by atoms with Crippen molar-refractivity contribution < 1.29 is 36.8 Å². The highest BCUT2D eigenvalue weighted by Crippen LogP contribution is 2.40. The van der Waals surface area contributed by atoms with Crippen LogP contribution in [-0.2, 0) is 27.2 Å². The molecule has 206 valence electrons. The van der Waals surface area contributed by atoms with Gasteiger partial charge in [-0.2, -0.15) is 13.2 Å². The third kappa shape index (κ3) is 7.56. The van der Waals surface area contributed by atoms with E-state index in [-0.39, 0.29) is 29.4 Å². The average Bonchev–Trinajstić information content (AvgIpc) is 3.39. The normalized spacial score (nSPS) is 13.7. The van der Waals surface area contributed by atoms with Crippen molar-refractivity contribution in [1.29, 1.82) is 0 Å². The number of nitrogens with two attached hydrogens (primary N) is 1. The first-order valence-corrected chi connectivity index (χ1v) is 13.4. The molecular formula is C27H27F3N3O5P. The molecular weight excluding hydrogens is 534 g/mol. The van der Waals surface area contributed by atoms with E-state index in [0.29, 0.717) is 6.42 Å². The van der Waals surface area contributed by atoms with E-state index in [9.17, 15) is 17.7 Å². The minimum Gasteiger partial charge on any atom is -0.493 e. The Morgan fingerprint density at radius 3 is 2.31 bits per heavy atom. The number of benzene rings is 3.